The van der Waals surface area contributed by atoms with Gasteiger partial charge in [-0.3, -0.25) is 0 Å². The van der Waals surface area contributed by atoms with Crippen molar-refractivity contribution in [3.05, 3.63) is 5.21 Å². The van der Waals surface area contributed by atoms with E-state index in [-0.39, 0.29) is 4.65 Å². The van der Waals surface area contributed by atoms with Gasteiger partial charge >= 0.3 is 0 Å². The second-order valence-electron chi connectivity index (χ2n) is 6.02. The molecule has 1 aliphatic heterocycles. The lowest BCUT2D eigenvalue weighted by Gasteiger charge is -2.45. The van der Waals surface area contributed by atoms with Crippen LogP contribution in [0.4, 0.5) is 0 Å². The molecular weight excluding hydrogens is 238 g/mol. The van der Waals surface area contributed by atoms with Gasteiger partial charge in [-0.05, 0) is 12.8 Å². The zero-order valence-corrected chi connectivity index (χ0v) is 12.9. The summed E-state index contributed by atoms with van der Waals surface area (Å²) in [7, 11) is 0. The van der Waals surface area contributed by atoms with Crippen LogP contribution in [-0.4, -0.2) is 37.5 Å². The highest BCUT2D eigenvalue weighted by molar-refractivity contribution is 4.52. The van der Waals surface area contributed by atoms with Crippen molar-refractivity contribution in [3.8, 4) is 0 Å². The smallest absolute Gasteiger partial charge is 0.102 e. The van der Waals surface area contributed by atoms with Crippen molar-refractivity contribution in [2.45, 2.75) is 71.1 Å². The van der Waals surface area contributed by atoms with Crippen molar-refractivity contribution in [2.75, 3.05) is 32.8 Å². The molecule has 0 atom stereocenters. The van der Waals surface area contributed by atoms with Crippen molar-refractivity contribution in [1.82, 2.24) is 0 Å². The Balaban J connectivity index is 1.83. The zero-order chi connectivity index (χ0) is 13.8. The molecule has 0 aromatic rings. The summed E-state index contributed by atoms with van der Waals surface area (Å²) in [6, 6.07) is 0. The van der Waals surface area contributed by atoms with Crippen molar-refractivity contribution in [1.29, 1.82) is 0 Å². The fourth-order valence-corrected chi connectivity index (χ4v) is 2.79. The van der Waals surface area contributed by atoms with E-state index in [0.717, 1.165) is 13.0 Å². The van der Waals surface area contributed by atoms with Gasteiger partial charge in [0.2, 0.25) is 0 Å². The minimum absolute atomic E-state index is 0.00296. The molecule has 3 nitrogen and oxygen atoms in total. The molecule has 1 aliphatic rings. The van der Waals surface area contributed by atoms with Crippen molar-refractivity contribution < 1.29 is 9.38 Å². The monoisotopic (exact) mass is 271 g/mol. The fourth-order valence-electron chi connectivity index (χ4n) is 2.79. The Hall–Kier alpha value is -0.120. The molecule has 114 valence electrons. The van der Waals surface area contributed by atoms with Gasteiger partial charge in [-0.1, -0.05) is 58.3 Å². The first kappa shape index (κ1) is 16.9. The molecule has 1 heterocycles. The van der Waals surface area contributed by atoms with E-state index in [2.05, 4.69) is 6.92 Å². The van der Waals surface area contributed by atoms with Gasteiger partial charge in [-0.15, -0.1) is 0 Å². The average Bonchev–Trinajstić information content (AvgIpc) is 2.42. The molecule has 0 spiro atoms. The summed E-state index contributed by atoms with van der Waals surface area (Å²) in [6.07, 6.45) is 13.3. The standard InChI is InChI=1S/C16H33NO2/c1-2-3-4-5-6-7-8-9-10-11-12-17(18)13-15-19-16-14-17/h2-16H2,1H3. The van der Waals surface area contributed by atoms with E-state index in [4.69, 9.17) is 4.74 Å². The maximum absolute atomic E-state index is 12.2. The Labute approximate surface area is 119 Å². The topological polar surface area (TPSA) is 32.3 Å². The summed E-state index contributed by atoms with van der Waals surface area (Å²) in [4.78, 5) is 0. The molecule has 0 aliphatic carbocycles. The average molecular weight is 271 g/mol. The summed E-state index contributed by atoms with van der Waals surface area (Å²) in [5, 5.41) is 12.2. The van der Waals surface area contributed by atoms with Crippen LogP contribution in [0.2, 0.25) is 0 Å². The molecule has 0 N–H and O–H groups in total. The van der Waals surface area contributed by atoms with Gasteiger partial charge in [0.15, 0.2) is 0 Å². The first-order valence-corrected chi connectivity index (χ1v) is 8.42. The highest BCUT2D eigenvalue weighted by Crippen LogP contribution is 2.14. The van der Waals surface area contributed by atoms with E-state index in [1.165, 1.54) is 57.8 Å². The van der Waals surface area contributed by atoms with Gasteiger partial charge in [0.25, 0.3) is 0 Å². The quantitative estimate of drug-likeness (QED) is 0.319. The number of hydrogen-bond acceptors (Lipinski definition) is 2. The van der Waals surface area contributed by atoms with Gasteiger partial charge in [0.1, 0.15) is 13.1 Å². The second kappa shape index (κ2) is 10.6. The highest BCUT2D eigenvalue weighted by Gasteiger charge is 2.19. The summed E-state index contributed by atoms with van der Waals surface area (Å²) in [6.45, 7) is 5.71. The molecule has 0 saturated carbocycles. The molecule has 19 heavy (non-hydrogen) atoms. The lowest BCUT2D eigenvalue weighted by Crippen LogP contribution is -2.50. The number of morpholine rings is 1. The van der Waals surface area contributed by atoms with E-state index in [1.807, 2.05) is 0 Å². The Morgan fingerprint density at radius 1 is 0.789 bits per heavy atom. The third-order valence-electron chi connectivity index (χ3n) is 4.21. The van der Waals surface area contributed by atoms with E-state index in [0.29, 0.717) is 26.3 Å². The lowest BCUT2D eigenvalue weighted by molar-refractivity contribution is -0.888. The molecule has 0 radical (unpaired) electrons. The minimum atomic E-state index is -0.00296. The maximum atomic E-state index is 12.2. The van der Waals surface area contributed by atoms with Gasteiger partial charge in [0, 0.05) is 0 Å². The predicted molar refractivity (Wildman–Crippen MR) is 80.9 cm³/mol. The first-order valence-electron chi connectivity index (χ1n) is 8.42. The lowest BCUT2D eigenvalue weighted by atomic mass is 10.1. The Morgan fingerprint density at radius 3 is 1.79 bits per heavy atom. The first-order chi connectivity index (χ1) is 9.27. The molecule has 1 rings (SSSR count). The van der Waals surface area contributed by atoms with Gasteiger partial charge in [0.05, 0.1) is 19.8 Å². The van der Waals surface area contributed by atoms with Crippen LogP contribution in [0.3, 0.4) is 0 Å². The molecule has 0 aromatic heterocycles. The van der Waals surface area contributed by atoms with Crippen LogP contribution in [0.15, 0.2) is 0 Å². The largest absolute Gasteiger partial charge is 0.633 e. The fraction of sp³-hybridized carbons (Fsp3) is 1.00. The minimum Gasteiger partial charge on any atom is -0.633 e. The Morgan fingerprint density at radius 2 is 1.26 bits per heavy atom. The molecule has 1 fully saturated rings. The van der Waals surface area contributed by atoms with Crippen LogP contribution in [0.25, 0.3) is 0 Å². The van der Waals surface area contributed by atoms with Gasteiger partial charge < -0.3 is 14.6 Å². The summed E-state index contributed by atoms with van der Waals surface area (Å²) in [5.74, 6) is 0. The number of unbranched alkanes of at least 4 members (excludes halogenated alkanes) is 9. The van der Waals surface area contributed by atoms with E-state index < -0.39 is 0 Å². The van der Waals surface area contributed by atoms with Gasteiger partial charge in [-0.25, -0.2) is 0 Å². The third kappa shape index (κ3) is 8.61. The van der Waals surface area contributed by atoms with E-state index in [9.17, 15) is 5.21 Å². The number of hydroxylamine groups is 3. The Bertz CT molecular complexity index is 203. The number of rotatable bonds is 11. The molecular formula is C16H33NO2. The SMILES string of the molecule is CCCCCCCCCCCC[N+]1([O-])CCOCC1. The van der Waals surface area contributed by atoms with E-state index in [1.54, 1.807) is 0 Å². The third-order valence-corrected chi connectivity index (χ3v) is 4.21. The number of quaternary nitrogens is 1. The molecule has 0 bridgehead atoms. The van der Waals surface area contributed by atoms with Crippen molar-refractivity contribution in [3.63, 3.8) is 0 Å². The molecule has 3 heteroatoms. The van der Waals surface area contributed by atoms with Crippen LogP contribution in [0.1, 0.15) is 71.1 Å². The van der Waals surface area contributed by atoms with Crippen molar-refractivity contribution in [2.24, 2.45) is 0 Å². The van der Waals surface area contributed by atoms with Crippen molar-refractivity contribution >= 4 is 0 Å². The predicted octanol–water partition coefficient (Wildman–Crippen LogP) is 4.25. The van der Waals surface area contributed by atoms with Crippen LogP contribution in [0.5, 0.6) is 0 Å². The normalized spacial score (nSPS) is 18.6. The van der Waals surface area contributed by atoms with Crippen LogP contribution in [-0.2, 0) is 4.74 Å². The summed E-state index contributed by atoms with van der Waals surface area (Å²) >= 11 is 0. The summed E-state index contributed by atoms with van der Waals surface area (Å²) < 4.78 is 5.25. The van der Waals surface area contributed by atoms with E-state index >= 15 is 0 Å². The number of nitrogens with zero attached hydrogens (tertiary/aromatic N) is 1. The number of ether oxygens (including phenoxy) is 1. The molecule has 0 unspecified atom stereocenters. The maximum Gasteiger partial charge on any atom is 0.102 e. The van der Waals surface area contributed by atoms with Crippen LogP contribution >= 0.6 is 0 Å². The summed E-state index contributed by atoms with van der Waals surface area (Å²) in [5.41, 5.74) is 0. The molecule has 1 saturated heterocycles. The van der Waals surface area contributed by atoms with Crippen LogP contribution in [0, 0.1) is 5.21 Å². The molecule has 0 amide bonds. The van der Waals surface area contributed by atoms with Crippen LogP contribution < -0.4 is 0 Å². The highest BCUT2D eigenvalue weighted by atomic mass is 16.6. The number of hydrogen-bond donors (Lipinski definition) is 0. The molecule has 0 aromatic carbocycles. The Kier molecular flexibility index (Phi) is 9.48. The zero-order valence-electron chi connectivity index (χ0n) is 12.9. The van der Waals surface area contributed by atoms with Gasteiger partial charge in [-0.2, -0.15) is 0 Å². The second-order valence-corrected chi connectivity index (χ2v) is 6.02.